The first-order valence-electron chi connectivity index (χ1n) is 0.167. The zero-order valence-corrected chi connectivity index (χ0v) is 3.40. The molecule has 0 saturated carbocycles. The van der Waals surface area contributed by atoms with Crippen LogP contribution >= 0.6 is 0 Å². The number of hydrogen-bond acceptors (Lipinski definition) is 1. The molecule has 0 aliphatic carbocycles. The Morgan fingerprint density at radius 1 is 1.25 bits per heavy atom. The van der Waals surface area contributed by atoms with Crippen LogP contribution in [0.3, 0.4) is 0 Å². The van der Waals surface area contributed by atoms with E-state index < -0.39 is 0 Å². The molecule has 0 saturated heterocycles. The molecule has 1 nitrogen and oxygen atoms in total. The maximum absolute atomic E-state index is 8.12. The molecular weight excluding hydrogens is 154 g/mol. The van der Waals surface area contributed by atoms with E-state index >= 15 is 0 Å². The van der Waals surface area contributed by atoms with Crippen LogP contribution in [0.4, 0.5) is 0 Å². The second-order valence-electron chi connectivity index (χ2n) is 0. The molecular formula is H3AlCrNiO. The standard InChI is InChI=1S/Al.Cr.Ni.O.3H. The molecule has 0 heterocycles. The van der Waals surface area contributed by atoms with Gasteiger partial charge >= 0.3 is 20.0 Å². The van der Waals surface area contributed by atoms with Gasteiger partial charge in [-0.25, -0.2) is 0 Å². The second kappa shape index (κ2) is 26.6. The molecule has 0 aliphatic heterocycles. The fourth-order valence-electron chi connectivity index (χ4n) is 0. The fourth-order valence-corrected chi connectivity index (χ4v) is 0. The quantitative estimate of drug-likeness (QED) is 0.399. The van der Waals surface area contributed by atoms with Crippen molar-refractivity contribution in [2.24, 2.45) is 0 Å². The first-order chi connectivity index (χ1) is 1.00. The Bertz CT molecular complexity index is 8.00. The molecule has 0 aromatic heterocycles. The van der Waals surface area contributed by atoms with Crippen molar-refractivity contribution in [3.63, 3.8) is 0 Å². The van der Waals surface area contributed by atoms with Crippen LogP contribution in [0.1, 0.15) is 0 Å². The molecule has 4 heteroatoms. The molecule has 28 valence electrons. The maximum atomic E-state index is 8.12. The molecule has 0 aromatic rings. The Morgan fingerprint density at radius 3 is 1.25 bits per heavy atom. The van der Waals surface area contributed by atoms with Crippen LogP contribution in [0.15, 0.2) is 0 Å². The van der Waals surface area contributed by atoms with E-state index in [-0.39, 0.29) is 33.9 Å². The van der Waals surface area contributed by atoms with Gasteiger partial charge in [0.25, 0.3) is 0 Å². The van der Waals surface area contributed by atoms with E-state index in [0.717, 1.165) is 0 Å². The summed E-state index contributed by atoms with van der Waals surface area (Å²) in [6.07, 6.45) is 0. The average Bonchev–Trinajstić information content (AvgIpc) is 1.00. The van der Waals surface area contributed by atoms with Crippen molar-refractivity contribution in [3.05, 3.63) is 0 Å². The van der Waals surface area contributed by atoms with Crippen molar-refractivity contribution in [1.82, 2.24) is 0 Å². The van der Waals surface area contributed by atoms with Gasteiger partial charge in [-0.2, -0.15) is 0 Å². The van der Waals surface area contributed by atoms with Gasteiger partial charge < -0.3 is 0 Å². The van der Waals surface area contributed by atoms with E-state index in [0.29, 0.717) is 0 Å². The number of rotatable bonds is 0. The first-order valence-corrected chi connectivity index (χ1v) is 0.687. The summed E-state index contributed by atoms with van der Waals surface area (Å²) in [5, 5.41) is 0. The van der Waals surface area contributed by atoms with Gasteiger partial charge in [0.15, 0.2) is 17.4 Å². The molecule has 4 heavy (non-hydrogen) atoms. The van der Waals surface area contributed by atoms with E-state index in [1.54, 1.807) is 0 Å². The minimum absolute atomic E-state index is 0. The zero-order valence-electron chi connectivity index (χ0n) is 1.13. The predicted octanol–water partition coefficient (Wildman–Crippen LogP) is -1.31. The number of hydrogen-bond donors (Lipinski definition) is 0. The topological polar surface area (TPSA) is 17.1 Å². The summed E-state index contributed by atoms with van der Waals surface area (Å²) >= 11 is 1.38. The Hall–Kier alpha value is 1.36. The van der Waals surface area contributed by atoms with Gasteiger partial charge in [0.2, 0.25) is 0 Å². The van der Waals surface area contributed by atoms with E-state index in [2.05, 4.69) is 0 Å². The zero-order chi connectivity index (χ0) is 2.00. The van der Waals surface area contributed by atoms with E-state index in [9.17, 15) is 0 Å². The van der Waals surface area contributed by atoms with Crippen LogP contribution in [0.5, 0.6) is 0 Å². The van der Waals surface area contributed by atoms with Crippen molar-refractivity contribution in [2.45, 2.75) is 0 Å². The molecule has 0 amide bonds. The van der Waals surface area contributed by atoms with E-state index in [1.807, 2.05) is 0 Å². The molecule has 0 bridgehead atoms. The van der Waals surface area contributed by atoms with Gasteiger partial charge in [-0.3, -0.25) is 0 Å². The van der Waals surface area contributed by atoms with E-state index in [1.165, 1.54) is 16.2 Å². The summed E-state index contributed by atoms with van der Waals surface area (Å²) < 4.78 is 8.12. The van der Waals surface area contributed by atoms with Crippen molar-refractivity contribution >= 4 is 17.4 Å². The Labute approximate surface area is 53.8 Å². The summed E-state index contributed by atoms with van der Waals surface area (Å²) in [5.74, 6) is 0. The van der Waals surface area contributed by atoms with Crippen molar-refractivity contribution in [1.29, 1.82) is 0 Å². The van der Waals surface area contributed by atoms with Crippen LogP contribution in [-0.4, -0.2) is 17.4 Å². The second-order valence-corrected chi connectivity index (χ2v) is 0. The molecule has 0 rings (SSSR count). The summed E-state index contributed by atoms with van der Waals surface area (Å²) in [7, 11) is 0. The van der Waals surface area contributed by atoms with Gasteiger partial charge in [-0.1, -0.05) is 0 Å². The van der Waals surface area contributed by atoms with Crippen LogP contribution in [0.2, 0.25) is 0 Å². The normalized spacial score (nSPS) is 1.00. The average molecular weight is 157 g/mol. The molecule has 0 N–H and O–H groups in total. The van der Waals surface area contributed by atoms with Gasteiger partial charge in [-0.05, 0) is 0 Å². The van der Waals surface area contributed by atoms with Crippen LogP contribution in [0.25, 0.3) is 0 Å². The SMILES string of the molecule is [AlH3].[Ni].[O]=[Cr]. The van der Waals surface area contributed by atoms with Crippen molar-refractivity contribution in [2.75, 3.05) is 0 Å². The molecule has 0 atom stereocenters. The van der Waals surface area contributed by atoms with Gasteiger partial charge in [-0.15, -0.1) is 0 Å². The summed E-state index contributed by atoms with van der Waals surface area (Å²) in [5.41, 5.74) is 0. The molecule has 0 aromatic carbocycles. The van der Waals surface area contributed by atoms with Crippen LogP contribution in [-0.2, 0) is 36.5 Å². The Balaban J connectivity index is -0.00000000500. The summed E-state index contributed by atoms with van der Waals surface area (Å²) in [6, 6.07) is 0. The van der Waals surface area contributed by atoms with Crippen molar-refractivity contribution in [3.8, 4) is 0 Å². The third-order valence-electron chi connectivity index (χ3n) is 0. The molecule has 0 spiro atoms. The fraction of sp³-hybridized carbons (Fsp3) is 0. The van der Waals surface area contributed by atoms with Crippen LogP contribution in [0, 0.1) is 0 Å². The summed E-state index contributed by atoms with van der Waals surface area (Å²) in [6.45, 7) is 0. The van der Waals surface area contributed by atoms with Gasteiger partial charge in [0.1, 0.15) is 0 Å². The summed E-state index contributed by atoms with van der Waals surface area (Å²) in [4.78, 5) is 0. The third-order valence-corrected chi connectivity index (χ3v) is 0. The molecule has 0 unspecified atom stereocenters. The van der Waals surface area contributed by atoms with Gasteiger partial charge in [0.05, 0.1) is 0 Å². The molecule has 0 fully saturated rings. The van der Waals surface area contributed by atoms with E-state index in [4.69, 9.17) is 3.80 Å². The van der Waals surface area contributed by atoms with Crippen LogP contribution < -0.4 is 0 Å². The first kappa shape index (κ1) is 18.3. The Kier molecular flexibility index (Phi) is 122. The third kappa shape index (κ3) is 10.1. The molecule has 0 aliphatic rings. The van der Waals surface area contributed by atoms with Crippen molar-refractivity contribution < 1.29 is 36.5 Å². The minimum atomic E-state index is 0. The Morgan fingerprint density at radius 2 is 1.25 bits per heavy atom. The predicted molar refractivity (Wildman–Crippen MR) is 10.6 cm³/mol. The van der Waals surface area contributed by atoms with Gasteiger partial charge in [0, 0.05) is 16.5 Å². The monoisotopic (exact) mass is 156 g/mol. The molecule has 0 radical (unpaired) electrons.